The van der Waals surface area contributed by atoms with Gasteiger partial charge in [0.2, 0.25) is 0 Å². The molecule has 0 bridgehead atoms. The second-order valence-corrected chi connectivity index (χ2v) is 3.78. The fourth-order valence-corrected chi connectivity index (χ4v) is 1.22. The summed E-state index contributed by atoms with van der Waals surface area (Å²) in [6, 6.07) is -1.39. The summed E-state index contributed by atoms with van der Waals surface area (Å²) in [6.45, 7) is -1.54. The number of aliphatic hydroxyl groups excluding tert-OH is 6. The van der Waals surface area contributed by atoms with Crippen molar-refractivity contribution in [2.75, 3.05) is 13.2 Å². The van der Waals surface area contributed by atoms with Gasteiger partial charge in [0.15, 0.2) is 5.78 Å². The smallest absolute Gasteiger partial charge is 0.160 e. The van der Waals surface area contributed by atoms with Crippen LogP contribution in [-0.4, -0.2) is 80.1 Å². The highest BCUT2D eigenvalue weighted by molar-refractivity contribution is 5.79. The SMILES string of the molecule is N[C@@H]([C@@H](O)[C@H](O)[C@H](O)CO)[C@@H](O)CC(=O)CO. The number of rotatable bonds is 8. The number of hydrogen-bond acceptors (Lipinski definition) is 8. The van der Waals surface area contributed by atoms with Crippen molar-refractivity contribution in [1.29, 1.82) is 0 Å². The summed E-state index contributed by atoms with van der Waals surface area (Å²) >= 11 is 0. The largest absolute Gasteiger partial charge is 0.394 e. The van der Waals surface area contributed by atoms with Crippen LogP contribution in [0.2, 0.25) is 0 Å². The number of carbonyl (C=O) groups excluding carboxylic acids is 1. The number of carbonyl (C=O) groups is 1. The Hall–Kier alpha value is -0.610. The van der Waals surface area contributed by atoms with Crippen LogP contribution in [0.1, 0.15) is 6.42 Å². The Morgan fingerprint density at radius 1 is 1.00 bits per heavy atom. The Bertz CT molecular complexity index is 237. The van der Waals surface area contributed by atoms with Crippen LogP contribution in [0.3, 0.4) is 0 Å². The van der Waals surface area contributed by atoms with Gasteiger partial charge in [-0.05, 0) is 0 Å². The van der Waals surface area contributed by atoms with Crippen LogP contribution in [-0.2, 0) is 4.79 Å². The lowest BCUT2D eigenvalue weighted by Crippen LogP contribution is -2.54. The number of aliphatic hydroxyl groups is 6. The van der Waals surface area contributed by atoms with Gasteiger partial charge in [-0.15, -0.1) is 0 Å². The molecule has 17 heavy (non-hydrogen) atoms. The molecule has 102 valence electrons. The quantitative estimate of drug-likeness (QED) is 0.228. The maximum atomic E-state index is 10.8. The average Bonchev–Trinajstić information content (AvgIpc) is 2.34. The summed E-state index contributed by atoms with van der Waals surface area (Å²) in [4.78, 5) is 10.8. The highest BCUT2D eigenvalue weighted by Gasteiger charge is 2.33. The summed E-state index contributed by atoms with van der Waals surface area (Å²) in [5.74, 6) is -0.669. The van der Waals surface area contributed by atoms with E-state index in [9.17, 15) is 20.1 Å². The molecular formula is C9H19NO7. The van der Waals surface area contributed by atoms with Crippen LogP contribution in [0.25, 0.3) is 0 Å². The molecule has 8 nitrogen and oxygen atoms in total. The van der Waals surface area contributed by atoms with Gasteiger partial charge in [-0.25, -0.2) is 0 Å². The zero-order chi connectivity index (χ0) is 13.6. The molecule has 0 saturated heterocycles. The van der Waals surface area contributed by atoms with Crippen molar-refractivity contribution in [2.24, 2.45) is 5.73 Å². The van der Waals surface area contributed by atoms with E-state index in [-0.39, 0.29) is 0 Å². The summed E-state index contributed by atoms with van der Waals surface area (Å²) in [5, 5.41) is 54.2. The topological polar surface area (TPSA) is 164 Å². The second-order valence-electron chi connectivity index (χ2n) is 3.78. The molecule has 0 amide bonds. The minimum atomic E-state index is -1.74. The van der Waals surface area contributed by atoms with Crippen molar-refractivity contribution >= 4 is 5.78 Å². The molecule has 0 unspecified atom stereocenters. The molecule has 8 N–H and O–H groups in total. The molecule has 0 heterocycles. The van der Waals surface area contributed by atoms with Crippen molar-refractivity contribution in [1.82, 2.24) is 0 Å². The highest BCUT2D eigenvalue weighted by Crippen LogP contribution is 2.09. The first kappa shape index (κ1) is 16.4. The Kier molecular flexibility index (Phi) is 7.39. The van der Waals surface area contributed by atoms with Gasteiger partial charge in [0, 0.05) is 6.42 Å². The molecule has 0 aliphatic heterocycles. The van der Waals surface area contributed by atoms with Crippen molar-refractivity contribution in [3.8, 4) is 0 Å². The van der Waals surface area contributed by atoms with E-state index in [4.69, 9.17) is 21.1 Å². The molecule has 0 aromatic rings. The van der Waals surface area contributed by atoms with E-state index in [1.807, 2.05) is 0 Å². The molecule has 0 radical (unpaired) electrons. The van der Waals surface area contributed by atoms with Crippen molar-refractivity contribution in [3.63, 3.8) is 0 Å². The number of ketones is 1. The maximum Gasteiger partial charge on any atom is 0.160 e. The molecule has 0 saturated carbocycles. The summed E-state index contributed by atoms with van der Waals surface area (Å²) in [5.41, 5.74) is 5.37. The third kappa shape index (κ3) is 5.04. The van der Waals surface area contributed by atoms with E-state index in [1.54, 1.807) is 0 Å². The Morgan fingerprint density at radius 3 is 1.94 bits per heavy atom. The molecular weight excluding hydrogens is 234 g/mol. The number of hydrogen-bond donors (Lipinski definition) is 7. The molecule has 0 aliphatic carbocycles. The van der Waals surface area contributed by atoms with E-state index < -0.39 is 55.9 Å². The fourth-order valence-electron chi connectivity index (χ4n) is 1.22. The normalized spacial score (nSPS) is 20.4. The van der Waals surface area contributed by atoms with Crippen molar-refractivity contribution in [2.45, 2.75) is 36.9 Å². The molecule has 0 aliphatic rings. The summed E-state index contributed by atoms with van der Waals surface area (Å²) in [7, 11) is 0. The zero-order valence-electron chi connectivity index (χ0n) is 9.18. The fraction of sp³-hybridized carbons (Fsp3) is 0.889. The Morgan fingerprint density at radius 2 is 1.53 bits per heavy atom. The molecule has 0 aromatic heterocycles. The van der Waals surface area contributed by atoms with Gasteiger partial charge in [-0.1, -0.05) is 0 Å². The predicted molar refractivity (Wildman–Crippen MR) is 55.8 cm³/mol. The molecule has 8 heteroatoms. The van der Waals surface area contributed by atoms with E-state index >= 15 is 0 Å². The van der Waals surface area contributed by atoms with E-state index in [0.29, 0.717) is 0 Å². The first-order valence-corrected chi connectivity index (χ1v) is 5.06. The van der Waals surface area contributed by atoms with Crippen LogP contribution < -0.4 is 5.73 Å². The Balaban J connectivity index is 4.37. The lowest BCUT2D eigenvalue weighted by molar-refractivity contribution is -0.126. The lowest BCUT2D eigenvalue weighted by atomic mass is 9.95. The minimum absolute atomic E-state index is 0.476. The van der Waals surface area contributed by atoms with Gasteiger partial charge in [0.25, 0.3) is 0 Å². The maximum absolute atomic E-state index is 10.8. The van der Waals surface area contributed by atoms with Gasteiger partial charge in [-0.2, -0.15) is 0 Å². The van der Waals surface area contributed by atoms with Crippen LogP contribution in [0, 0.1) is 0 Å². The lowest BCUT2D eigenvalue weighted by Gasteiger charge is -2.29. The van der Waals surface area contributed by atoms with E-state index in [1.165, 1.54) is 0 Å². The number of Topliss-reactive ketones (excluding diaryl/α,β-unsaturated/α-hetero) is 1. The van der Waals surface area contributed by atoms with Crippen LogP contribution in [0.5, 0.6) is 0 Å². The molecule has 5 atom stereocenters. The first-order chi connectivity index (χ1) is 7.84. The Labute approximate surface area is 97.9 Å². The molecule has 0 fully saturated rings. The van der Waals surface area contributed by atoms with E-state index in [2.05, 4.69) is 0 Å². The monoisotopic (exact) mass is 253 g/mol. The van der Waals surface area contributed by atoms with Gasteiger partial charge in [0.05, 0.1) is 18.8 Å². The molecule has 0 spiro atoms. The van der Waals surface area contributed by atoms with Crippen molar-refractivity contribution < 1.29 is 35.4 Å². The van der Waals surface area contributed by atoms with Gasteiger partial charge >= 0.3 is 0 Å². The van der Waals surface area contributed by atoms with Gasteiger partial charge in [0.1, 0.15) is 24.9 Å². The average molecular weight is 253 g/mol. The summed E-state index contributed by atoms with van der Waals surface area (Å²) in [6.07, 6.45) is -6.99. The van der Waals surface area contributed by atoms with Crippen molar-refractivity contribution in [3.05, 3.63) is 0 Å². The third-order valence-electron chi connectivity index (χ3n) is 2.38. The van der Waals surface area contributed by atoms with Crippen LogP contribution >= 0.6 is 0 Å². The number of nitrogens with two attached hydrogens (primary N) is 1. The molecule has 0 aromatic carbocycles. The molecule has 0 rings (SSSR count). The zero-order valence-corrected chi connectivity index (χ0v) is 9.18. The van der Waals surface area contributed by atoms with E-state index in [0.717, 1.165) is 0 Å². The van der Waals surface area contributed by atoms with Gasteiger partial charge < -0.3 is 36.4 Å². The standard InChI is InChI=1S/C9H19NO7/c10-7(5(14)1-4(13)2-11)9(17)8(16)6(15)3-12/h5-9,11-12,14-17H,1-3,10H2/t5-,6+,7+,8+,9+/m0/s1. The summed E-state index contributed by atoms with van der Waals surface area (Å²) < 4.78 is 0. The van der Waals surface area contributed by atoms with Crippen LogP contribution in [0.4, 0.5) is 0 Å². The van der Waals surface area contributed by atoms with Gasteiger partial charge in [-0.3, -0.25) is 4.79 Å². The first-order valence-electron chi connectivity index (χ1n) is 5.06. The predicted octanol–water partition coefficient (Wildman–Crippen LogP) is -4.30. The highest BCUT2D eigenvalue weighted by atomic mass is 16.4. The minimum Gasteiger partial charge on any atom is -0.394 e. The third-order valence-corrected chi connectivity index (χ3v) is 2.38. The van der Waals surface area contributed by atoms with Crippen LogP contribution in [0.15, 0.2) is 0 Å². The second kappa shape index (κ2) is 7.67.